The van der Waals surface area contributed by atoms with Gasteiger partial charge in [-0.3, -0.25) is 0 Å². The lowest BCUT2D eigenvalue weighted by Gasteiger charge is -2.24. The van der Waals surface area contributed by atoms with Gasteiger partial charge >= 0.3 is 0 Å². The highest BCUT2D eigenvalue weighted by Crippen LogP contribution is 2.38. The van der Waals surface area contributed by atoms with E-state index in [2.05, 4.69) is 20.9 Å². The van der Waals surface area contributed by atoms with Gasteiger partial charge in [-0.25, -0.2) is 30.9 Å². The summed E-state index contributed by atoms with van der Waals surface area (Å²) in [6.07, 6.45) is 0. The number of nitrogens with two attached hydrogens (primary N) is 1. The molecule has 3 aromatic rings. The van der Waals surface area contributed by atoms with Crippen LogP contribution in [0, 0.1) is 17.5 Å². The van der Waals surface area contributed by atoms with Crippen LogP contribution in [0.3, 0.4) is 0 Å². The van der Waals surface area contributed by atoms with Crippen LogP contribution in [-0.2, 0) is 14.8 Å². The highest BCUT2D eigenvalue weighted by molar-refractivity contribution is 9.11. The topological polar surface area (TPSA) is 85.5 Å². The first-order chi connectivity index (χ1) is 13.7. The molecule has 0 aliphatic heterocycles. The SMILES string of the molecule is COCN(c1cccc(-c2nc(N)sc2Br)c1F)S(=O)(=O)c1cc(F)ccc1F. The van der Waals surface area contributed by atoms with E-state index in [0.29, 0.717) is 20.2 Å². The Hall–Kier alpha value is -2.15. The zero-order chi connectivity index (χ0) is 21.3. The fraction of sp³-hybridized carbons (Fsp3) is 0.118. The Morgan fingerprint density at radius 2 is 1.97 bits per heavy atom. The first kappa shape index (κ1) is 21.6. The van der Waals surface area contributed by atoms with Crippen molar-refractivity contribution in [3.8, 4) is 11.3 Å². The predicted molar refractivity (Wildman–Crippen MR) is 108 cm³/mol. The summed E-state index contributed by atoms with van der Waals surface area (Å²) in [6, 6.07) is 5.94. The third-order valence-corrected chi connectivity index (χ3v) is 7.10. The number of halogens is 4. The van der Waals surface area contributed by atoms with Crippen LogP contribution in [0.4, 0.5) is 24.0 Å². The summed E-state index contributed by atoms with van der Waals surface area (Å²) in [6.45, 7) is -0.640. The molecule has 1 aromatic heterocycles. The molecule has 0 fully saturated rings. The third-order valence-electron chi connectivity index (χ3n) is 3.81. The molecule has 0 saturated carbocycles. The van der Waals surface area contributed by atoms with E-state index >= 15 is 4.39 Å². The largest absolute Gasteiger partial charge is 0.375 e. The number of aromatic nitrogens is 1. The van der Waals surface area contributed by atoms with E-state index in [-0.39, 0.29) is 16.4 Å². The summed E-state index contributed by atoms with van der Waals surface area (Å²) >= 11 is 4.31. The number of nitrogens with zero attached hydrogens (tertiary/aromatic N) is 2. The maximum absolute atomic E-state index is 15.3. The van der Waals surface area contributed by atoms with Crippen molar-refractivity contribution in [2.45, 2.75) is 4.90 Å². The summed E-state index contributed by atoms with van der Waals surface area (Å²) in [5, 5.41) is 0.180. The Bertz CT molecular complexity index is 1170. The first-order valence-corrected chi connectivity index (χ1v) is 10.9. The summed E-state index contributed by atoms with van der Waals surface area (Å²) in [5.74, 6) is -3.09. The van der Waals surface area contributed by atoms with Crippen LogP contribution in [-0.4, -0.2) is 27.2 Å². The molecule has 12 heteroatoms. The van der Waals surface area contributed by atoms with Gasteiger partial charge in [0.15, 0.2) is 10.9 Å². The van der Waals surface area contributed by atoms with Crippen LogP contribution in [0.1, 0.15) is 0 Å². The minimum absolute atomic E-state index is 0.0293. The molecule has 1 heterocycles. The molecule has 0 aliphatic carbocycles. The molecule has 0 atom stereocenters. The van der Waals surface area contributed by atoms with Gasteiger partial charge in [-0.15, -0.1) is 0 Å². The van der Waals surface area contributed by atoms with E-state index in [1.54, 1.807) is 0 Å². The molecular formula is C17H13BrF3N3O3S2. The zero-order valence-corrected chi connectivity index (χ0v) is 17.9. The van der Waals surface area contributed by atoms with Crippen molar-refractivity contribution in [2.75, 3.05) is 23.9 Å². The number of anilines is 2. The molecular weight excluding hydrogens is 495 g/mol. The van der Waals surface area contributed by atoms with Crippen molar-refractivity contribution in [1.82, 2.24) is 4.98 Å². The maximum atomic E-state index is 15.3. The number of hydrogen-bond acceptors (Lipinski definition) is 6. The molecule has 0 saturated heterocycles. The van der Waals surface area contributed by atoms with E-state index in [4.69, 9.17) is 10.5 Å². The molecule has 0 bridgehead atoms. The fourth-order valence-electron chi connectivity index (χ4n) is 2.56. The number of methoxy groups -OCH3 is 1. The molecule has 3 rings (SSSR count). The summed E-state index contributed by atoms with van der Waals surface area (Å²) in [5.41, 5.74) is 5.37. The van der Waals surface area contributed by atoms with Crippen molar-refractivity contribution in [3.63, 3.8) is 0 Å². The molecule has 2 aromatic carbocycles. The lowest BCUT2D eigenvalue weighted by Crippen LogP contribution is -2.34. The molecule has 0 radical (unpaired) electrons. The van der Waals surface area contributed by atoms with E-state index in [1.807, 2.05) is 0 Å². The van der Waals surface area contributed by atoms with Crippen molar-refractivity contribution in [1.29, 1.82) is 0 Å². The third kappa shape index (κ3) is 4.10. The molecule has 6 nitrogen and oxygen atoms in total. The van der Waals surface area contributed by atoms with Gasteiger partial charge in [-0.05, 0) is 46.3 Å². The normalized spacial score (nSPS) is 11.6. The van der Waals surface area contributed by atoms with E-state index in [9.17, 15) is 17.2 Å². The zero-order valence-electron chi connectivity index (χ0n) is 14.7. The standard InChI is InChI=1S/C17H13BrF3N3O3S2/c1-27-8-24(29(25,26)13-7-9(19)5-6-11(13)20)12-4-2-3-10(14(12)21)15-16(18)28-17(22)23-15/h2-7H,8H2,1H3,(H2,22,23). The first-order valence-electron chi connectivity index (χ1n) is 7.84. The second kappa shape index (κ2) is 8.30. The van der Waals surface area contributed by atoms with Crippen molar-refractivity contribution in [3.05, 3.63) is 57.6 Å². The van der Waals surface area contributed by atoms with Crippen LogP contribution in [0.15, 0.2) is 45.1 Å². The van der Waals surface area contributed by atoms with Gasteiger partial charge in [-0.2, -0.15) is 0 Å². The van der Waals surface area contributed by atoms with E-state index in [1.165, 1.54) is 25.3 Å². The number of benzene rings is 2. The van der Waals surface area contributed by atoms with Crippen LogP contribution in [0.2, 0.25) is 0 Å². The maximum Gasteiger partial charge on any atom is 0.269 e. The Kier molecular flexibility index (Phi) is 6.17. The minimum Gasteiger partial charge on any atom is -0.375 e. The minimum atomic E-state index is -4.70. The van der Waals surface area contributed by atoms with Gasteiger partial charge in [-0.1, -0.05) is 17.4 Å². The Morgan fingerprint density at radius 1 is 1.24 bits per heavy atom. The van der Waals surface area contributed by atoms with E-state index < -0.39 is 44.8 Å². The number of sulfonamides is 1. The Labute approximate surface area is 176 Å². The molecule has 0 aliphatic rings. The molecule has 2 N–H and O–H groups in total. The van der Waals surface area contributed by atoms with Crippen molar-refractivity contribution in [2.24, 2.45) is 0 Å². The summed E-state index contributed by atoms with van der Waals surface area (Å²) in [4.78, 5) is 3.09. The summed E-state index contributed by atoms with van der Waals surface area (Å²) in [7, 11) is -3.51. The number of hydrogen-bond donors (Lipinski definition) is 1. The average molecular weight is 508 g/mol. The Morgan fingerprint density at radius 3 is 2.59 bits per heavy atom. The Balaban J connectivity index is 2.19. The van der Waals surface area contributed by atoms with Gasteiger partial charge in [0.05, 0.1) is 9.47 Å². The molecule has 0 spiro atoms. The highest BCUT2D eigenvalue weighted by atomic mass is 79.9. The summed E-state index contributed by atoms with van der Waals surface area (Å²) < 4.78 is 74.9. The highest BCUT2D eigenvalue weighted by Gasteiger charge is 2.31. The monoisotopic (exact) mass is 507 g/mol. The molecule has 0 unspecified atom stereocenters. The van der Waals surface area contributed by atoms with Crippen LogP contribution >= 0.6 is 27.3 Å². The van der Waals surface area contributed by atoms with Crippen molar-refractivity contribution >= 4 is 48.1 Å². The quantitative estimate of drug-likeness (QED) is 0.500. The van der Waals surface area contributed by atoms with Gasteiger partial charge in [0.25, 0.3) is 10.0 Å². The van der Waals surface area contributed by atoms with Crippen LogP contribution < -0.4 is 10.0 Å². The lowest BCUT2D eigenvalue weighted by atomic mass is 10.1. The average Bonchev–Trinajstić information content (AvgIpc) is 3.00. The fourth-order valence-corrected chi connectivity index (χ4v) is 5.39. The number of thiazole rings is 1. The second-order valence-corrected chi connectivity index (χ2v) is 9.84. The van der Waals surface area contributed by atoms with Gasteiger partial charge in [0, 0.05) is 12.7 Å². The predicted octanol–water partition coefficient (Wildman–Crippen LogP) is 4.37. The molecule has 0 amide bonds. The molecule has 154 valence electrons. The number of ether oxygens (including phenoxy) is 1. The van der Waals surface area contributed by atoms with Gasteiger partial charge < -0.3 is 10.5 Å². The lowest BCUT2D eigenvalue weighted by molar-refractivity contribution is 0.209. The van der Waals surface area contributed by atoms with Crippen LogP contribution in [0.25, 0.3) is 11.3 Å². The second-order valence-electron chi connectivity index (χ2n) is 5.66. The van der Waals surface area contributed by atoms with Crippen molar-refractivity contribution < 1.29 is 26.3 Å². The smallest absolute Gasteiger partial charge is 0.269 e. The number of nitrogen functional groups attached to an aromatic ring is 1. The molecule has 29 heavy (non-hydrogen) atoms. The van der Waals surface area contributed by atoms with Gasteiger partial charge in [0.1, 0.15) is 29.0 Å². The van der Waals surface area contributed by atoms with Gasteiger partial charge in [0.2, 0.25) is 0 Å². The number of rotatable bonds is 6. The van der Waals surface area contributed by atoms with Crippen LogP contribution in [0.5, 0.6) is 0 Å². The van der Waals surface area contributed by atoms with E-state index in [0.717, 1.165) is 17.4 Å².